The van der Waals surface area contributed by atoms with Gasteiger partial charge in [0.25, 0.3) is 0 Å². The Bertz CT molecular complexity index is 662. The van der Waals surface area contributed by atoms with Crippen LogP contribution in [0.1, 0.15) is 47.2 Å². The summed E-state index contributed by atoms with van der Waals surface area (Å²) >= 11 is 0. The molecular formula is C20H24O4. The number of rotatable bonds is 9. The lowest BCUT2D eigenvalue weighted by atomic mass is 9.99. The van der Waals surface area contributed by atoms with Crippen molar-refractivity contribution in [1.29, 1.82) is 0 Å². The van der Waals surface area contributed by atoms with Crippen molar-refractivity contribution in [1.82, 2.24) is 0 Å². The molecule has 0 unspecified atom stereocenters. The molecule has 0 fully saturated rings. The van der Waals surface area contributed by atoms with Gasteiger partial charge in [0.15, 0.2) is 0 Å². The first kappa shape index (κ1) is 17.9. The highest BCUT2D eigenvalue weighted by Crippen LogP contribution is 2.23. The molecule has 0 heterocycles. The Morgan fingerprint density at radius 1 is 0.958 bits per heavy atom. The fourth-order valence-electron chi connectivity index (χ4n) is 2.83. The van der Waals surface area contributed by atoms with Crippen LogP contribution < -0.4 is 4.74 Å². The van der Waals surface area contributed by atoms with E-state index in [4.69, 9.17) is 4.74 Å². The van der Waals surface area contributed by atoms with E-state index in [1.165, 1.54) is 11.6 Å². The second kappa shape index (κ2) is 8.96. The van der Waals surface area contributed by atoms with Gasteiger partial charge in [0, 0.05) is 0 Å². The first-order chi connectivity index (χ1) is 11.6. The average Bonchev–Trinajstić information content (AvgIpc) is 2.58. The molecule has 0 aliphatic carbocycles. The van der Waals surface area contributed by atoms with Crippen LogP contribution in [0.4, 0.5) is 0 Å². The normalized spacial score (nSPS) is 10.5. The van der Waals surface area contributed by atoms with Gasteiger partial charge in [-0.3, -0.25) is 0 Å². The van der Waals surface area contributed by atoms with E-state index < -0.39 is 5.97 Å². The summed E-state index contributed by atoms with van der Waals surface area (Å²) in [6.45, 7) is 0. The highest BCUT2D eigenvalue weighted by atomic mass is 16.5. The molecule has 0 bridgehead atoms. The zero-order valence-electron chi connectivity index (χ0n) is 14.0. The fraction of sp³-hybridized carbons (Fsp3) is 0.350. The first-order valence-electron chi connectivity index (χ1n) is 8.29. The highest BCUT2D eigenvalue weighted by Gasteiger charge is 2.14. The highest BCUT2D eigenvalue weighted by molar-refractivity contribution is 5.92. The van der Waals surface area contributed by atoms with E-state index in [9.17, 15) is 15.0 Å². The molecule has 0 aliphatic heterocycles. The number of unbranched alkanes of at least 4 members (excludes halogenated alkanes) is 3. The molecule has 0 aromatic heterocycles. The number of benzene rings is 2. The summed E-state index contributed by atoms with van der Waals surface area (Å²) in [5, 5.41) is 18.9. The Labute approximate surface area is 142 Å². The summed E-state index contributed by atoms with van der Waals surface area (Å²) in [5.41, 5.74) is 2.05. The van der Waals surface area contributed by atoms with Crippen molar-refractivity contribution in [2.45, 2.75) is 38.5 Å². The number of carboxylic acids is 1. The third-order valence-electron chi connectivity index (χ3n) is 4.16. The van der Waals surface area contributed by atoms with Crippen LogP contribution in [0.5, 0.6) is 11.5 Å². The Morgan fingerprint density at radius 3 is 2.25 bits per heavy atom. The Hall–Kier alpha value is -2.49. The predicted octanol–water partition coefficient (Wildman–Crippen LogP) is 4.44. The lowest BCUT2D eigenvalue weighted by Crippen LogP contribution is -2.03. The summed E-state index contributed by atoms with van der Waals surface area (Å²) in [4.78, 5) is 11.2. The van der Waals surface area contributed by atoms with Crippen molar-refractivity contribution in [3.8, 4) is 11.5 Å². The monoisotopic (exact) mass is 328 g/mol. The molecule has 24 heavy (non-hydrogen) atoms. The van der Waals surface area contributed by atoms with Crippen LogP contribution in [0.2, 0.25) is 0 Å². The van der Waals surface area contributed by atoms with Crippen molar-refractivity contribution in [2.75, 3.05) is 7.11 Å². The molecule has 0 saturated carbocycles. The van der Waals surface area contributed by atoms with Gasteiger partial charge in [-0.15, -0.1) is 0 Å². The smallest absolute Gasteiger partial charge is 0.339 e. The maximum absolute atomic E-state index is 11.2. The van der Waals surface area contributed by atoms with Crippen LogP contribution >= 0.6 is 0 Å². The van der Waals surface area contributed by atoms with Crippen LogP contribution in [0.25, 0.3) is 0 Å². The molecule has 2 aromatic rings. The molecule has 4 heteroatoms. The zero-order valence-corrected chi connectivity index (χ0v) is 14.0. The second-order valence-corrected chi connectivity index (χ2v) is 5.88. The summed E-state index contributed by atoms with van der Waals surface area (Å²) in [6, 6.07) is 13.0. The van der Waals surface area contributed by atoms with Gasteiger partial charge in [-0.1, -0.05) is 37.1 Å². The predicted molar refractivity (Wildman–Crippen MR) is 93.9 cm³/mol. The van der Waals surface area contributed by atoms with Crippen molar-refractivity contribution >= 4 is 5.97 Å². The minimum Gasteiger partial charge on any atom is -0.507 e. The minimum absolute atomic E-state index is 0.0377. The zero-order chi connectivity index (χ0) is 17.4. The van der Waals surface area contributed by atoms with Crippen molar-refractivity contribution in [2.24, 2.45) is 0 Å². The molecule has 0 amide bonds. The van der Waals surface area contributed by atoms with Gasteiger partial charge in [0.1, 0.15) is 17.1 Å². The van der Waals surface area contributed by atoms with Crippen molar-refractivity contribution in [3.05, 3.63) is 59.2 Å². The largest absolute Gasteiger partial charge is 0.507 e. The maximum atomic E-state index is 11.2. The van der Waals surface area contributed by atoms with Gasteiger partial charge >= 0.3 is 5.97 Å². The Morgan fingerprint density at radius 2 is 1.62 bits per heavy atom. The molecule has 128 valence electrons. The van der Waals surface area contributed by atoms with Crippen LogP contribution in [-0.2, 0) is 12.8 Å². The minimum atomic E-state index is -1.07. The number of carboxylic acid groups (broad SMARTS) is 1. The standard InChI is InChI=1S/C20H24O4/c1-24-17-13-11-15(12-14-17)7-4-2-3-5-8-16-9-6-10-18(21)19(16)20(22)23/h6,9-14,21H,2-5,7-8H2,1H3,(H,22,23). The van der Waals surface area contributed by atoms with E-state index in [-0.39, 0.29) is 11.3 Å². The van der Waals surface area contributed by atoms with Gasteiger partial charge in [-0.05, 0) is 55.0 Å². The number of ether oxygens (including phenoxy) is 1. The van der Waals surface area contributed by atoms with Crippen LogP contribution in [0.3, 0.4) is 0 Å². The summed E-state index contributed by atoms with van der Waals surface area (Å²) in [7, 11) is 1.66. The lowest BCUT2D eigenvalue weighted by molar-refractivity contribution is 0.0692. The molecule has 0 radical (unpaired) electrons. The Kier molecular flexibility index (Phi) is 6.67. The summed E-state index contributed by atoms with van der Waals surface area (Å²) < 4.78 is 5.14. The number of methoxy groups -OCH3 is 1. The molecule has 0 spiro atoms. The molecule has 4 nitrogen and oxygen atoms in total. The molecule has 2 N–H and O–H groups in total. The summed E-state index contributed by atoms with van der Waals surface area (Å²) in [5.74, 6) is -0.346. The fourth-order valence-corrected chi connectivity index (χ4v) is 2.83. The number of hydrogen-bond donors (Lipinski definition) is 2. The molecule has 2 rings (SSSR count). The quantitative estimate of drug-likeness (QED) is 0.668. The molecule has 0 aliphatic rings. The van der Waals surface area contributed by atoms with Gasteiger partial charge < -0.3 is 14.9 Å². The molecule has 0 saturated heterocycles. The van der Waals surface area contributed by atoms with Crippen LogP contribution in [0.15, 0.2) is 42.5 Å². The molecule has 0 atom stereocenters. The first-order valence-corrected chi connectivity index (χ1v) is 8.29. The van der Waals surface area contributed by atoms with E-state index in [0.717, 1.165) is 37.9 Å². The van der Waals surface area contributed by atoms with Gasteiger partial charge in [0.05, 0.1) is 7.11 Å². The van der Waals surface area contributed by atoms with Crippen LogP contribution in [0, 0.1) is 0 Å². The second-order valence-electron chi connectivity index (χ2n) is 5.88. The SMILES string of the molecule is COc1ccc(CCCCCCc2cccc(O)c2C(=O)O)cc1. The van der Waals surface area contributed by atoms with Gasteiger partial charge in [0.2, 0.25) is 0 Å². The number of carbonyl (C=O) groups is 1. The molecular weight excluding hydrogens is 304 g/mol. The number of aromatic carboxylic acids is 1. The average molecular weight is 328 g/mol. The number of aromatic hydroxyl groups is 1. The topological polar surface area (TPSA) is 66.8 Å². The number of phenols is 1. The molecule has 2 aromatic carbocycles. The maximum Gasteiger partial charge on any atom is 0.339 e. The van der Waals surface area contributed by atoms with E-state index in [2.05, 4.69) is 12.1 Å². The van der Waals surface area contributed by atoms with Crippen LogP contribution in [-0.4, -0.2) is 23.3 Å². The Balaban J connectivity index is 1.72. The van der Waals surface area contributed by atoms with Gasteiger partial charge in [-0.25, -0.2) is 4.79 Å². The van der Waals surface area contributed by atoms with E-state index >= 15 is 0 Å². The van der Waals surface area contributed by atoms with Crippen molar-refractivity contribution in [3.63, 3.8) is 0 Å². The van der Waals surface area contributed by atoms with Gasteiger partial charge in [-0.2, -0.15) is 0 Å². The number of aryl methyl sites for hydroxylation is 2. The van der Waals surface area contributed by atoms with E-state index in [0.29, 0.717) is 12.0 Å². The van der Waals surface area contributed by atoms with E-state index in [1.54, 1.807) is 19.2 Å². The van der Waals surface area contributed by atoms with Crippen molar-refractivity contribution < 1.29 is 19.7 Å². The van der Waals surface area contributed by atoms with E-state index in [1.807, 2.05) is 12.1 Å². The third kappa shape index (κ3) is 5.01. The lowest BCUT2D eigenvalue weighted by Gasteiger charge is -2.08. The number of hydrogen-bond acceptors (Lipinski definition) is 3. The third-order valence-corrected chi connectivity index (χ3v) is 4.16. The summed E-state index contributed by atoms with van der Waals surface area (Å²) in [6.07, 6.45) is 5.90.